The quantitative estimate of drug-likeness (QED) is 0.791. The summed E-state index contributed by atoms with van der Waals surface area (Å²) in [6.45, 7) is 6.36. The van der Waals surface area contributed by atoms with Crippen LogP contribution in [0.4, 0.5) is 0 Å². The first-order chi connectivity index (χ1) is 9.52. The zero-order chi connectivity index (χ0) is 14.7. The van der Waals surface area contributed by atoms with Crippen LogP contribution < -0.4 is 0 Å². The third-order valence-electron chi connectivity index (χ3n) is 3.69. The largest absolute Gasteiger partial charge is 0.388 e. The van der Waals surface area contributed by atoms with Crippen molar-refractivity contribution in [1.29, 1.82) is 0 Å². The van der Waals surface area contributed by atoms with Crippen molar-refractivity contribution >= 4 is 22.6 Å². The van der Waals surface area contributed by atoms with Crippen LogP contribution in [0, 0.1) is 10.5 Å². The smallest absolute Gasteiger partial charge is 0.0856 e. The Bertz CT molecular complexity index is 580. The highest BCUT2D eigenvalue weighted by molar-refractivity contribution is 14.1. The molecule has 0 aliphatic rings. The summed E-state index contributed by atoms with van der Waals surface area (Å²) < 4.78 is 3.11. The monoisotopic (exact) mass is 384 g/mol. The summed E-state index contributed by atoms with van der Waals surface area (Å²) in [6.07, 6.45) is 3.11. The zero-order valence-electron chi connectivity index (χ0n) is 12.2. The molecule has 0 aliphatic heterocycles. The van der Waals surface area contributed by atoms with Crippen molar-refractivity contribution in [3.05, 3.63) is 50.9 Å². The summed E-state index contributed by atoms with van der Waals surface area (Å²) in [4.78, 5) is 0. The highest BCUT2D eigenvalue weighted by Gasteiger charge is 2.15. The van der Waals surface area contributed by atoms with E-state index in [2.05, 4.69) is 54.5 Å². The molecule has 1 aromatic carbocycles. The Morgan fingerprint density at radius 1 is 1.35 bits per heavy atom. The molecule has 2 unspecified atom stereocenters. The van der Waals surface area contributed by atoms with E-state index in [9.17, 15) is 5.11 Å². The minimum Gasteiger partial charge on any atom is -0.388 e. The Balaban J connectivity index is 2.13. The van der Waals surface area contributed by atoms with Crippen LogP contribution >= 0.6 is 22.6 Å². The molecule has 108 valence electrons. The van der Waals surface area contributed by atoms with Crippen LogP contribution in [0.15, 0.2) is 30.5 Å². The average Bonchev–Trinajstić information content (AvgIpc) is 2.89. The molecule has 0 aliphatic carbocycles. The van der Waals surface area contributed by atoms with Gasteiger partial charge in [0.05, 0.1) is 11.8 Å². The summed E-state index contributed by atoms with van der Waals surface area (Å²) in [7, 11) is 0. The number of nitrogens with zero attached hydrogens (tertiary/aromatic N) is 2. The predicted octanol–water partition coefficient (Wildman–Crippen LogP) is 4.04. The lowest BCUT2D eigenvalue weighted by molar-refractivity contribution is 0.176. The molecule has 2 rings (SSSR count). The molecule has 1 N–H and O–H groups in total. The van der Waals surface area contributed by atoms with E-state index in [1.54, 1.807) is 0 Å². The number of halogens is 1. The van der Waals surface area contributed by atoms with Crippen LogP contribution in [0.25, 0.3) is 0 Å². The number of aliphatic hydroxyl groups excluding tert-OH is 1. The molecule has 0 bridgehead atoms. The van der Waals surface area contributed by atoms with Gasteiger partial charge in [-0.15, -0.1) is 0 Å². The van der Waals surface area contributed by atoms with Crippen LogP contribution in [0.3, 0.4) is 0 Å². The summed E-state index contributed by atoms with van der Waals surface area (Å²) >= 11 is 2.30. The van der Waals surface area contributed by atoms with E-state index in [0.717, 1.165) is 21.2 Å². The second kappa shape index (κ2) is 6.72. The van der Waals surface area contributed by atoms with Crippen LogP contribution in [-0.2, 0) is 6.42 Å². The van der Waals surface area contributed by atoms with Gasteiger partial charge in [0.25, 0.3) is 0 Å². The van der Waals surface area contributed by atoms with Gasteiger partial charge in [-0.3, -0.25) is 4.68 Å². The Hall–Kier alpha value is -0.880. The number of aromatic nitrogens is 2. The van der Waals surface area contributed by atoms with Crippen molar-refractivity contribution in [3.8, 4) is 0 Å². The fourth-order valence-corrected chi connectivity index (χ4v) is 2.87. The van der Waals surface area contributed by atoms with Crippen molar-refractivity contribution in [2.75, 3.05) is 0 Å². The van der Waals surface area contributed by atoms with Gasteiger partial charge >= 0.3 is 0 Å². The summed E-state index contributed by atoms with van der Waals surface area (Å²) in [6, 6.07) is 8.45. The normalized spacial score (nSPS) is 14.2. The van der Waals surface area contributed by atoms with Gasteiger partial charge in [0, 0.05) is 22.2 Å². The van der Waals surface area contributed by atoms with E-state index < -0.39 is 6.10 Å². The number of aryl methyl sites for hydroxylation is 1. The first-order valence-corrected chi connectivity index (χ1v) is 8.08. The highest BCUT2D eigenvalue weighted by Crippen LogP contribution is 2.25. The average molecular weight is 384 g/mol. The van der Waals surface area contributed by atoms with Gasteiger partial charge < -0.3 is 5.11 Å². The maximum Gasteiger partial charge on any atom is 0.0856 e. The fraction of sp³-hybridized carbons (Fsp3) is 0.438. The molecular formula is C16H21IN2O. The Labute approximate surface area is 134 Å². The third-order valence-corrected chi connectivity index (χ3v) is 5.16. The highest BCUT2D eigenvalue weighted by atomic mass is 127. The lowest BCUT2D eigenvalue weighted by Crippen LogP contribution is -2.08. The molecule has 1 aromatic heterocycles. The molecule has 4 heteroatoms. The first-order valence-electron chi connectivity index (χ1n) is 7.00. The molecular weight excluding hydrogens is 363 g/mol. The lowest BCUT2D eigenvalue weighted by Gasteiger charge is -2.13. The topological polar surface area (TPSA) is 38.0 Å². The molecule has 3 nitrogen and oxygen atoms in total. The van der Waals surface area contributed by atoms with E-state index in [4.69, 9.17) is 0 Å². The van der Waals surface area contributed by atoms with E-state index in [0.29, 0.717) is 12.5 Å². The number of hydrogen-bond acceptors (Lipinski definition) is 2. The van der Waals surface area contributed by atoms with Crippen LogP contribution in [0.1, 0.15) is 49.2 Å². The molecule has 0 amide bonds. The van der Waals surface area contributed by atoms with Gasteiger partial charge in [0.15, 0.2) is 0 Å². The number of benzene rings is 1. The molecule has 0 radical (unpaired) electrons. The second-order valence-electron chi connectivity index (χ2n) is 5.24. The number of rotatable bonds is 5. The fourth-order valence-electron chi connectivity index (χ4n) is 2.15. The number of hydrogen-bond donors (Lipinski definition) is 1. The standard InChI is InChI=1S/C16H21IN2O/c1-4-12(3)19-9-8-13(18-19)10-15(20)14-7-5-6-11(2)16(14)17/h5-9,12,15,20H,4,10H2,1-3H3. The molecule has 20 heavy (non-hydrogen) atoms. The van der Waals surface area contributed by atoms with Gasteiger partial charge in [-0.05, 0) is 60.1 Å². The zero-order valence-corrected chi connectivity index (χ0v) is 14.3. The van der Waals surface area contributed by atoms with Crippen molar-refractivity contribution < 1.29 is 5.11 Å². The van der Waals surface area contributed by atoms with E-state index in [1.807, 2.05) is 29.1 Å². The van der Waals surface area contributed by atoms with Crippen molar-refractivity contribution in [3.63, 3.8) is 0 Å². The summed E-state index contributed by atoms with van der Waals surface area (Å²) in [5.41, 5.74) is 3.13. The first kappa shape index (κ1) is 15.5. The molecule has 2 atom stereocenters. The minimum atomic E-state index is -0.498. The van der Waals surface area contributed by atoms with E-state index >= 15 is 0 Å². The van der Waals surface area contributed by atoms with Gasteiger partial charge in [0.1, 0.15) is 0 Å². The molecule has 0 saturated carbocycles. The SMILES string of the molecule is CCC(C)n1ccc(CC(O)c2cccc(C)c2I)n1. The molecule has 0 fully saturated rings. The van der Waals surface area contributed by atoms with Crippen LogP contribution in [-0.4, -0.2) is 14.9 Å². The van der Waals surface area contributed by atoms with Gasteiger partial charge in [-0.1, -0.05) is 25.1 Å². The minimum absolute atomic E-state index is 0.403. The van der Waals surface area contributed by atoms with Gasteiger partial charge in [-0.2, -0.15) is 5.10 Å². The summed E-state index contributed by atoms with van der Waals surface area (Å²) in [5, 5.41) is 15.0. The van der Waals surface area contributed by atoms with Crippen LogP contribution in [0.5, 0.6) is 0 Å². The Kier molecular flexibility index (Phi) is 5.21. The van der Waals surface area contributed by atoms with Crippen molar-refractivity contribution in [1.82, 2.24) is 9.78 Å². The Morgan fingerprint density at radius 3 is 2.80 bits per heavy atom. The molecule has 0 saturated heterocycles. The second-order valence-corrected chi connectivity index (χ2v) is 6.32. The van der Waals surface area contributed by atoms with Gasteiger partial charge in [-0.25, -0.2) is 0 Å². The van der Waals surface area contributed by atoms with E-state index in [-0.39, 0.29) is 0 Å². The van der Waals surface area contributed by atoms with Gasteiger partial charge in [0.2, 0.25) is 0 Å². The molecule has 2 aromatic rings. The Morgan fingerprint density at radius 2 is 2.10 bits per heavy atom. The van der Waals surface area contributed by atoms with Crippen LogP contribution in [0.2, 0.25) is 0 Å². The molecule has 0 spiro atoms. The maximum atomic E-state index is 10.4. The van der Waals surface area contributed by atoms with E-state index in [1.165, 1.54) is 5.56 Å². The van der Waals surface area contributed by atoms with Crippen molar-refractivity contribution in [2.24, 2.45) is 0 Å². The summed E-state index contributed by atoms with van der Waals surface area (Å²) in [5.74, 6) is 0. The predicted molar refractivity (Wildman–Crippen MR) is 89.8 cm³/mol. The lowest BCUT2D eigenvalue weighted by atomic mass is 10.0. The number of aliphatic hydroxyl groups is 1. The third kappa shape index (κ3) is 3.41. The maximum absolute atomic E-state index is 10.4. The van der Waals surface area contributed by atoms with Crippen molar-refractivity contribution in [2.45, 2.75) is 45.8 Å². The molecule has 1 heterocycles.